The van der Waals surface area contributed by atoms with E-state index in [0.717, 1.165) is 26.1 Å². The molecule has 0 aromatic carbocycles. The number of hydrogen-bond donors (Lipinski definition) is 2. The maximum absolute atomic E-state index is 12.2. The second-order valence-electron chi connectivity index (χ2n) is 5.02. The molecule has 0 saturated carbocycles. The number of primary amides is 1. The predicted octanol–water partition coefficient (Wildman–Crippen LogP) is 1.18. The summed E-state index contributed by atoms with van der Waals surface area (Å²) in [6.07, 6.45) is 3.26. The standard InChI is InChI=1S/C14H19N3O3/c1-9(10-4-6-20-7-5-10)14(19)17-11-2-3-12(13(15)18)16-8-11/h2-3,8-10H,4-7H2,1H3,(H2,15,18)(H,17,19). The third kappa shape index (κ3) is 3.54. The molecule has 1 aliphatic heterocycles. The van der Waals surface area contributed by atoms with Crippen molar-refractivity contribution in [1.29, 1.82) is 0 Å². The van der Waals surface area contributed by atoms with Crippen LogP contribution < -0.4 is 11.1 Å². The summed E-state index contributed by atoms with van der Waals surface area (Å²) in [7, 11) is 0. The van der Waals surface area contributed by atoms with Gasteiger partial charge in [0.15, 0.2) is 0 Å². The molecule has 2 amide bonds. The first-order valence-corrected chi connectivity index (χ1v) is 6.72. The number of aromatic nitrogens is 1. The van der Waals surface area contributed by atoms with Gasteiger partial charge in [0.1, 0.15) is 5.69 Å². The minimum absolute atomic E-state index is 0.0366. The summed E-state index contributed by atoms with van der Waals surface area (Å²) in [6.45, 7) is 3.37. The van der Waals surface area contributed by atoms with Crippen molar-refractivity contribution >= 4 is 17.5 Å². The second kappa shape index (κ2) is 6.47. The molecule has 1 aromatic heterocycles. The van der Waals surface area contributed by atoms with Gasteiger partial charge in [-0.15, -0.1) is 0 Å². The van der Waals surface area contributed by atoms with Gasteiger partial charge in [-0.3, -0.25) is 9.59 Å². The number of nitrogens with one attached hydrogen (secondary N) is 1. The molecular weight excluding hydrogens is 258 g/mol. The number of nitrogens with two attached hydrogens (primary N) is 1. The highest BCUT2D eigenvalue weighted by Crippen LogP contribution is 2.24. The van der Waals surface area contributed by atoms with Crippen LogP contribution in [0.3, 0.4) is 0 Å². The van der Waals surface area contributed by atoms with Crippen LogP contribution >= 0.6 is 0 Å². The van der Waals surface area contributed by atoms with Crippen LogP contribution in [0.25, 0.3) is 0 Å². The molecule has 20 heavy (non-hydrogen) atoms. The van der Waals surface area contributed by atoms with E-state index in [1.54, 1.807) is 6.07 Å². The van der Waals surface area contributed by atoms with Crippen LogP contribution in [-0.4, -0.2) is 30.0 Å². The number of pyridine rings is 1. The Labute approximate surface area is 117 Å². The van der Waals surface area contributed by atoms with Crippen molar-refractivity contribution in [2.45, 2.75) is 19.8 Å². The van der Waals surface area contributed by atoms with E-state index in [1.807, 2.05) is 6.92 Å². The molecule has 1 aliphatic rings. The minimum atomic E-state index is -0.585. The second-order valence-corrected chi connectivity index (χ2v) is 5.02. The molecule has 0 aliphatic carbocycles. The molecule has 2 rings (SSSR count). The average Bonchev–Trinajstić information content (AvgIpc) is 2.48. The maximum Gasteiger partial charge on any atom is 0.267 e. The molecule has 3 N–H and O–H groups in total. The largest absolute Gasteiger partial charge is 0.381 e. The van der Waals surface area contributed by atoms with Crippen molar-refractivity contribution in [2.75, 3.05) is 18.5 Å². The minimum Gasteiger partial charge on any atom is -0.381 e. The molecule has 0 spiro atoms. The molecule has 6 heteroatoms. The molecule has 2 heterocycles. The zero-order valence-electron chi connectivity index (χ0n) is 11.5. The van der Waals surface area contributed by atoms with Crippen LogP contribution in [0.1, 0.15) is 30.3 Å². The Morgan fingerprint density at radius 3 is 2.65 bits per heavy atom. The van der Waals surface area contributed by atoms with Gasteiger partial charge in [0.25, 0.3) is 5.91 Å². The average molecular weight is 277 g/mol. The van der Waals surface area contributed by atoms with E-state index < -0.39 is 5.91 Å². The summed E-state index contributed by atoms with van der Waals surface area (Å²) >= 11 is 0. The van der Waals surface area contributed by atoms with Gasteiger partial charge in [0.2, 0.25) is 5.91 Å². The number of amides is 2. The van der Waals surface area contributed by atoms with Crippen LogP contribution in [0.5, 0.6) is 0 Å². The first kappa shape index (κ1) is 14.5. The fraction of sp³-hybridized carbons (Fsp3) is 0.500. The molecule has 108 valence electrons. The molecule has 1 unspecified atom stereocenters. The van der Waals surface area contributed by atoms with Crippen LogP contribution in [-0.2, 0) is 9.53 Å². The quantitative estimate of drug-likeness (QED) is 0.864. The Morgan fingerprint density at radius 2 is 2.10 bits per heavy atom. The highest BCUT2D eigenvalue weighted by molar-refractivity contribution is 5.94. The van der Waals surface area contributed by atoms with E-state index in [-0.39, 0.29) is 17.5 Å². The van der Waals surface area contributed by atoms with Crippen molar-refractivity contribution in [2.24, 2.45) is 17.6 Å². The first-order chi connectivity index (χ1) is 9.58. The lowest BCUT2D eigenvalue weighted by Crippen LogP contribution is -2.31. The smallest absolute Gasteiger partial charge is 0.267 e. The number of anilines is 1. The fourth-order valence-electron chi connectivity index (χ4n) is 2.30. The van der Waals surface area contributed by atoms with Crippen LogP contribution in [0.4, 0.5) is 5.69 Å². The topological polar surface area (TPSA) is 94.3 Å². The van der Waals surface area contributed by atoms with Gasteiger partial charge >= 0.3 is 0 Å². The third-order valence-electron chi connectivity index (χ3n) is 3.67. The van der Waals surface area contributed by atoms with E-state index in [1.165, 1.54) is 12.3 Å². The molecular formula is C14H19N3O3. The maximum atomic E-state index is 12.2. The monoisotopic (exact) mass is 277 g/mol. The summed E-state index contributed by atoms with van der Waals surface area (Å²) in [5.74, 6) is -0.347. The van der Waals surface area contributed by atoms with E-state index in [0.29, 0.717) is 11.6 Å². The van der Waals surface area contributed by atoms with Crippen molar-refractivity contribution in [3.05, 3.63) is 24.0 Å². The van der Waals surface area contributed by atoms with Crippen LogP contribution in [0.2, 0.25) is 0 Å². The fourth-order valence-corrected chi connectivity index (χ4v) is 2.30. The third-order valence-corrected chi connectivity index (χ3v) is 3.67. The molecule has 1 atom stereocenters. The van der Waals surface area contributed by atoms with Crippen molar-refractivity contribution in [1.82, 2.24) is 4.98 Å². The number of carbonyl (C=O) groups excluding carboxylic acids is 2. The van der Waals surface area contributed by atoms with Crippen LogP contribution in [0.15, 0.2) is 18.3 Å². The number of rotatable bonds is 4. The summed E-state index contributed by atoms with van der Waals surface area (Å²) in [6, 6.07) is 3.12. The van der Waals surface area contributed by atoms with Crippen molar-refractivity contribution in [3.8, 4) is 0 Å². The Morgan fingerprint density at radius 1 is 1.40 bits per heavy atom. The summed E-state index contributed by atoms with van der Waals surface area (Å²) in [4.78, 5) is 27.0. The highest BCUT2D eigenvalue weighted by atomic mass is 16.5. The van der Waals surface area contributed by atoms with Gasteiger partial charge in [0, 0.05) is 19.1 Å². The number of nitrogens with zero attached hydrogens (tertiary/aromatic N) is 1. The van der Waals surface area contributed by atoms with Crippen molar-refractivity contribution in [3.63, 3.8) is 0 Å². The van der Waals surface area contributed by atoms with Crippen LogP contribution in [0, 0.1) is 11.8 Å². The van der Waals surface area contributed by atoms with E-state index in [2.05, 4.69) is 10.3 Å². The van der Waals surface area contributed by atoms with Gasteiger partial charge < -0.3 is 15.8 Å². The SMILES string of the molecule is CC(C(=O)Nc1ccc(C(N)=O)nc1)C1CCOCC1. The molecule has 6 nitrogen and oxygen atoms in total. The molecule has 1 fully saturated rings. The Hall–Kier alpha value is -1.95. The van der Waals surface area contributed by atoms with Gasteiger partial charge in [-0.1, -0.05) is 6.92 Å². The zero-order chi connectivity index (χ0) is 14.5. The van der Waals surface area contributed by atoms with Gasteiger partial charge in [-0.25, -0.2) is 4.98 Å². The highest BCUT2D eigenvalue weighted by Gasteiger charge is 2.26. The molecule has 0 radical (unpaired) electrons. The summed E-state index contributed by atoms with van der Waals surface area (Å²) in [5.41, 5.74) is 5.86. The van der Waals surface area contributed by atoms with E-state index in [9.17, 15) is 9.59 Å². The van der Waals surface area contributed by atoms with E-state index in [4.69, 9.17) is 10.5 Å². The molecule has 1 aromatic rings. The number of ether oxygens (including phenoxy) is 1. The summed E-state index contributed by atoms with van der Waals surface area (Å²) in [5, 5.41) is 2.81. The van der Waals surface area contributed by atoms with Gasteiger partial charge in [0.05, 0.1) is 11.9 Å². The van der Waals surface area contributed by atoms with E-state index >= 15 is 0 Å². The lowest BCUT2D eigenvalue weighted by molar-refractivity contribution is -0.122. The predicted molar refractivity (Wildman–Crippen MR) is 74.1 cm³/mol. The number of hydrogen-bond acceptors (Lipinski definition) is 4. The normalized spacial score (nSPS) is 17.4. The zero-order valence-corrected chi connectivity index (χ0v) is 11.5. The first-order valence-electron chi connectivity index (χ1n) is 6.72. The Balaban J connectivity index is 1.94. The number of carbonyl (C=O) groups is 2. The lowest BCUT2D eigenvalue weighted by atomic mass is 9.87. The van der Waals surface area contributed by atoms with Gasteiger partial charge in [-0.2, -0.15) is 0 Å². The van der Waals surface area contributed by atoms with Gasteiger partial charge in [-0.05, 0) is 30.9 Å². The Kier molecular flexibility index (Phi) is 4.68. The molecule has 0 bridgehead atoms. The summed E-state index contributed by atoms with van der Waals surface area (Å²) < 4.78 is 5.30. The Bertz CT molecular complexity index is 481. The van der Waals surface area contributed by atoms with Crippen molar-refractivity contribution < 1.29 is 14.3 Å². The molecule has 1 saturated heterocycles. The lowest BCUT2D eigenvalue weighted by Gasteiger charge is -2.26.